The quantitative estimate of drug-likeness (QED) is 0.840. The lowest BCUT2D eigenvalue weighted by atomic mass is 10.2. The van der Waals surface area contributed by atoms with Crippen LogP contribution in [-0.2, 0) is 0 Å². The maximum absolute atomic E-state index is 9.20. The Labute approximate surface area is 115 Å². The highest BCUT2D eigenvalue weighted by Crippen LogP contribution is 2.42. The van der Waals surface area contributed by atoms with E-state index in [9.17, 15) is 5.26 Å². The SMILES string of the molecule is N#Cc1cccc(-n2nc(C3CC3)c(C#N)c2Cl)c1. The van der Waals surface area contributed by atoms with E-state index in [0.29, 0.717) is 27.9 Å². The van der Waals surface area contributed by atoms with Gasteiger partial charge in [-0.2, -0.15) is 15.6 Å². The molecule has 0 N–H and O–H groups in total. The first-order valence-corrected chi connectivity index (χ1v) is 6.31. The predicted molar refractivity (Wildman–Crippen MR) is 70.0 cm³/mol. The van der Waals surface area contributed by atoms with Gasteiger partial charge in [-0.15, -0.1) is 0 Å². The third-order valence-corrected chi connectivity index (χ3v) is 3.50. The predicted octanol–water partition coefficient (Wildman–Crippen LogP) is 3.15. The number of halogens is 1. The fourth-order valence-corrected chi connectivity index (χ4v) is 2.31. The smallest absolute Gasteiger partial charge is 0.150 e. The molecule has 1 saturated carbocycles. The summed E-state index contributed by atoms with van der Waals surface area (Å²) in [5, 5.41) is 22.9. The Morgan fingerprint density at radius 3 is 2.68 bits per heavy atom. The van der Waals surface area contributed by atoms with Gasteiger partial charge in [-0.05, 0) is 31.0 Å². The minimum Gasteiger partial charge on any atom is -0.220 e. The van der Waals surface area contributed by atoms with E-state index in [4.69, 9.17) is 16.9 Å². The minimum atomic E-state index is 0.319. The van der Waals surface area contributed by atoms with E-state index in [1.807, 2.05) is 6.07 Å². The van der Waals surface area contributed by atoms with Crippen LogP contribution in [0.3, 0.4) is 0 Å². The molecule has 1 heterocycles. The first-order chi connectivity index (χ1) is 9.24. The minimum absolute atomic E-state index is 0.319. The van der Waals surface area contributed by atoms with Crippen molar-refractivity contribution in [1.29, 1.82) is 10.5 Å². The van der Waals surface area contributed by atoms with Crippen LogP contribution in [0.4, 0.5) is 0 Å². The molecule has 5 heteroatoms. The van der Waals surface area contributed by atoms with Crippen molar-refractivity contribution in [3.8, 4) is 17.8 Å². The zero-order valence-electron chi connectivity index (χ0n) is 9.97. The molecule has 0 spiro atoms. The molecular weight excluding hydrogens is 260 g/mol. The van der Waals surface area contributed by atoms with Crippen molar-refractivity contribution in [2.75, 3.05) is 0 Å². The Morgan fingerprint density at radius 1 is 1.26 bits per heavy atom. The Hall–Kier alpha value is -2.30. The molecule has 2 aromatic rings. The van der Waals surface area contributed by atoms with Crippen LogP contribution in [0.15, 0.2) is 24.3 Å². The van der Waals surface area contributed by atoms with Gasteiger partial charge in [-0.1, -0.05) is 17.7 Å². The lowest BCUT2D eigenvalue weighted by molar-refractivity contribution is 0.837. The summed E-state index contributed by atoms with van der Waals surface area (Å²) in [7, 11) is 0. The van der Waals surface area contributed by atoms with Crippen LogP contribution in [0.25, 0.3) is 5.69 Å². The molecule has 0 aliphatic heterocycles. The van der Waals surface area contributed by atoms with Crippen molar-refractivity contribution < 1.29 is 0 Å². The van der Waals surface area contributed by atoms with Crippen molar-refractivity contribution in [2.45, 2.75) is 18.8 Å². The van der Waals surface area contributed by atoms with E-state index in [1.54, 1.807) is 18.2 Å². The molecule has 0 bridgehead atoms. The molecule has 1 aliphatic carbocycles. The first kappa shape index (κ1) is 11.8. The Balaban J connectivity index is 2.15. The summed E-state index contributed by atoms with van der Waals surface area (Å²) in [6.07, 6.45) is 2.11. The van der Waals surface area contributed by atoms with E-state index in [2.05, 4.69) is 17.2 Å². The summed E-state index contributed by atoms with van der Waals surface area (Å²) in [6.45, 7) is 0. The van der Waals surface area contributed by atoms with Gasteiger partial charge in [-0.3, -0.25) is 0 Å². The second-order valence-corrected chi connectivity index (χ2v) is 4.87. The van der Waals surface area contributed by atoms with E-state index in [1.165, 1.54) is 4.68 Å². The van der Waals surface area contributed by atoms with E-state index in [0.717, 1.165) is 18.5 Å². The molecule has 1 aromatic carbocycles. The molecule has 1 aliphatic rings. The summed E-state index contributed by atoms with van der Waals surface area (Å²) in [4.78, 5) is 0. The maximum atomic E-state index is 9.20. The van der Waals surface area contributed by atoms with Gasteiger partial charge in [0, 0.05) is 5.92 Å². The largest absolute Gasteiger partial charge is 0.220 e. The van der Waals surface area contributed by atoms with Crippen LogP contribution in [-0.4, -0.2) is 9.78 Å². The number of nitriles is 2. The normalized spacial score (nSPS) is 13.8. The summed E-state index contributed by atoms with van der Waals surface area (Å²) >= 11 is 6.23. The molecule has 19 heavy (non-hydrogen) atoms. The molecule has 4 nitrogen and oxygen atoms in total. The number of nitrogens with zero attached hydrogens (tertiary/aromatic N) is 4. The van der Waals surface area contributed by atoms with E-state index >= 15 is 0 Å². The highest BCUT2D eigenvalue weighted by molar-refractivity contribution is 6.31. The molecule has 0 unspecified atom stereocenters. The molecule has 1 aromatic heterocycles. The Bertz CT molecular complexity index is 729. The van der Waals surface area contributed by atoms with Crippen LogP contribution in [0, 0.1) is 22.7 Å². The van der Waals surface area contributed by atoms with Crippen LogP contribution in [0.2, 0.25) is 5.15 Å². The summed E-state index contributed by atoms with van der Waals surface area (Å²) in [5.41, 5.74) is 2.46. The van der Waals surface area contributed by atoms with Gasteiger partial charge in [0.15, 0.2) is 5.15 Å². The molecule has 0 radical (unpaired) electrons. The van der Waals surface area contributed by atoms with Gasteiger partial charge < -0.3 is 0 Å². The Morgan fingerprint density at radius 2 is 2.05 bits per heavy atom. The van der Waals surface area contributed by atoms with E-state index in [-0.39, 0.29) is 0 Å². The zero-order chi connectivity index (χ0) is 13.4. The van der Waals surface area contributed by atoms with Crippen molar-refractivity contribution in [2.24, 2.45) is 0 Å². The van der Waals surface area contributed by atoms with Gasteiger partial charge >= 0.3 is 0 Å². The average molecular weight is 269 g/mol. The van der Waals surface area contributed by atoms with E-state index < -0.39 is 0 Å². The third kappa shape index (κ3) is 1.97. The molecule has 0 saturated heterocycles. The van der Waals surface area contributed by atoms with Crippen molar-refractivity contribution in [3.63, 3.8) is 0 Å². The van der Waals surface area contributed by atoms with Crippen LogP contribution in [0.1, 0.15) is 35.6 Å². The number of aromatic nitrogens is 2. The van der Waals surface area contributed by atoms with Crippen molar-refractivity contribution in [3.05, 3.63) is 46.2 Å². The number of benzene rings is 1. The second kappa shape index (κ2) is 4.42. The summed E-state index contributed by atoms with van der Waals surface area (Å²) in [6, 6.07) is 11.2. The van der Waals surface area contributed by atoms with Crippen molar-refractivity contribution in [1.82, 2.24) is 9.78 Å². The molecule has 1 fully saturated rings. The fourth-order valence-electron chi connectivity index (χ4n) is 2.04. The first-order valence-electron chi connectivity index (χ1n) is 5.93. The number of hydrogen-bond donors (Lipinski definition) is 0. The van der Waals surface area contributed by atoms with Crippen LogP contribution in [0.5, 0.6) is 0 Å². The monoisotopic (exact) mass is 268 g/mol. The molecule has 92 valence electrons. The third-order valence-electron chi connectivity index (χ3n) is 3.15. The lowest BCUT2D eigenvalue weighted by Gasteiger charge is -2.02. The fraction of sp³-hybridized carbons (Fsp3) is 0.214. The molecule has 3 rings (SSSR count). The highest BCUT2D eigenvalue weighted by Gasteiger charge is 2.31. The standard InChI is InChI=1S/C14H9ClN4/c15-14-12(8-17)13(10-4-5-10)18-19(14)11-3-1-2-9(6-11)7-16/h1-3,6,10H,4-5H2. The topological polar surface area (TPSA) is 65.4 Å². The molecular formula is C14H9ClN4. The lowest BCUT2D eigenvalue weighted by Crippen LogP contribution is -1.97. The van der Waals surface area contributed by atoms with Crippen molar-refractivity contribution >= 4 is 11.6 Å². The second-order valence-electron chi connectivity index (χ2n) is 4.51. The zero-order valence-corrected chi connectivity index (χ0v) is 10.7. The highest BCUT2D eigenvalue weighted by atomic mass is 35.5. The van der Waals surface area contributed by atoms with Gasteiger partial charge in [0.05, 0.1) is 23.0 Å². The van der Waals surface area contributed by atoms with Gasteiger partial charge in [-0.25, -0.2) is 4.68 Å². The number of rotatable bonds is 2. The average Bonchev–Trinajstić information content (AvgIpc) is 3.23. The van der Waals surface area contributed by atoms with Gasteiger partial charge in [0.1, 0.15) is 11.6 Å². The Kier molecular flexibility index (Phi) is 2.74. The maximum Gasteiger partial charge on any atom is 0.150 e. The molecule has 0 amide bonds. The number of hydrogen-bond acceptors (Lipinski definition) is 3. The van der Waals surface area contributed by atoms with Gasteiger partial charge in [0.25, 0.3) is 0 Å². The summed E-state index contributed by atoms with van der Waals surface area (Å²) < 4.78 is 1.54. The molecule has 0 atom stereocenters. The summed E-state index contributed by atoms with van der Waals surface area (Å²) in [5.74, 6) is 0.354. The van der Waals surface area contributed by atoms with Crippen LogP contribution < -0.4 is 0 Å². The van der Waals surface area contributed by atoms with Gasteiger partial charge in [0.2, 0.25) is 0 Å². The van der Waals surface area contributed by atoms with Crippen LogP contribution >= 0.6 is 11.6 Å².